The molecule has 0 aromatic carbocycles. The molecule has 140 valence electrons. The van der Waals surface area contributed by atoms with Crippen molar-refractivity contribution in [1.82, 2.24) is 0 Å². The summed E-state index contributed by atoms with van der Waals surface area (Å²) in [5.74, 6) is -0.662. The molecule has 1 aliphatic heterocycles. The lowest BCUT2D eigenvalue weighted by molar-refractivity contribution is -0.220. The molecule has 3 rings (SSSR count). The Bertz CT molecular complexity index is 624. The van der Waals surface area contributed by atoms with E-state index in [-0.39, 0.29) is 23.8 Å². The van der Waals surface area contributed by atoms with Crippen LogP contribution in [0.4, 0.5) is 0 Å². The summed E-state index contributed by atoms with van der Waals surface area (Å²) in [6.07, 6.45) is 2.54. The number of hydrogen-bond acceptors (Lipinski definition) is 5. The maximum Gasteiger partial charge on any atom is 0.334 e. The van der Waals surface area contributed by atoms with Gasteiger partial charge in [0.05, 0.1) is 11.5 Å². The zero-order chi connectivity index (χ0) is 18.6. The van der Waals surface area contributed by atoms with Gasteiger partial charge in [-0.25, -0.2) is 4.79 Å². The minimum Gasteiger partial charge on any atom is -0.457 e. The molecule has 3 aliphatic rings. The molecule has 5 nitrogen and oxygen atoms in total. The van der Waals surface area contributed by atoms with Crippen molar-refractivity contribution in [3.63, 3.8) is 0 Å². The van der Waals surface area contributed by atoms with Crippen LogP contribution in [0.5, 0.6) is 0 Å². The van der Waals surface area contributed by atoms with Crippen LogP contribution in [0.1, 0.15) is 66.7 Å². The fraction of sp³-hybridized carbons (Fsp3) is 0.800. The van der Waals surface area contributed by atoms with E-state index in [1.54, 1.807) is 6.92 Å². The highest BCUT2D eigenvalue weighted by molar-refractivity contribution is 5.92. The molecule has 0 radical (unpaired) electrons. The molecule has 0 aromatic rings. The first kappa shape index (κ1) is 18.4. The van der Waals surface area contributed by atoms with E-state index in [4.69, 9.17) is 9.47 Å². The molecule has 0 saturated heterocycles. The molecule has 0 aromatic heterocycles. The van der Waals surface area contributed by atoms with E-state index in [0.29, 0.717) is 24.8 Å². The quantitative estimate of drug-likeness (QED) is 0.792. The van der Waals surface area contributed by atoms with Gasteiger partial charge in [0.25, 0.3) is 0 Å². The zero-order valence-electron chi connectivity index (χ0n) is 15.9. The van der Waals surface area contributed by atoms with Crippen molar-refractivity contribution in [2.75, 3.05) is 0 Å². The van der Waals surface area contributed by atoms with Crippen LogP contribution in [0.25, 0.3) is 0 Å². The second-order valence-electron chi connectivity index (χ2n) is 8.41. The Balaban J connectivity index is 2.09. The molecule has 25 heavy (non-hydrogen) atoms. The molecule has 0 spiro atoms. The lowest BCUT2D eigenvalue weighted by Gasteiger charge is -2.59. The Morgan fingerprint density at radius 3 is 2.80 bits per heavy atom. The Morgan fingerprint density at radius 2 is 2.16 bits per heavy atom. The largest absolute Gasteiger partial charge is 0.457 e. The molecule has 1 N–H and O–H groups in total. The molecule has 5 heteroatoms. The zero-order valence-corrected chi connectivity index (χ0v) is 15.9. The first-order chi connectivity index (χ1) is 11.7. The molecule has 0 bridgehead atoms. The second kappa shape index (κ2) is 6.11. The molecule has 2 saturated carbocycles. The van der Waals surface area contributed by atoms with Gasteiger partial charge in [0.15, 0.2) is 0 Å². The van der Waals surface area contributed by atoms with Crippen LogP contribution in [-0.2, 0) is 19.1 Å². The van der Waals surface area contributed by atoms with Gasteiger partial charge < -0.3 is 14.6 Å². The third-order valence-electron chi connectivity index (χ3n) is 7.19. The van der Waals surface area contributed by atoms with E-state index in [1.165, 1.54) is 0 Å². The molecule has 1 unspecified atom stereocenters. The normalized spacial score (nSPS) is 41.7. The van der Waals surface area contributed by atoms with Gasteiger partial charge in [-0.05, 0) is 32.1 Å². The molecule has 1 heterocycles. The van der Waals surface area contributed by atoms with Crippen molar-refractivity contribution in [3.05, 3.63) is 11.1 Å². The molecule has 0 amide bonds. The van der Waals surface area contributed by atoms with Gasteiger partial charge in [0.1, 0.15) is 12.2 Å². The maximum absolute atomic E-state index is 12.6. The summed E-state index contributed by atoms with van der Waals surface area (Å²) in [5, 5.41) is 11.5. The van der Waals surface area contributed by atoms with Gasteiger partial charge in [-0.15, -0.1) is 0 Å². The first-order valence-corrected chi connectivity index (χ1v) is 9.50. The van der Waals surface area contributed by atoms with Gasteiger partial charge in [0, 0.05) is 23.0 Å². The molecular formula is C20H30O5. The number of esters is 2. The second-order valence-corrected chi connectivity index (χ2v) is 8.41. The van der Waals surface area contributed by atoms with Gasteiger partial charge in [0.2, 0.25) is 0 Å². The summed E-state index contributed by atoms with van der Waals surface area (Å²) in [6.45, 7) is 9.67. The number of fused-ring (bicyclic) bond motifs is 2. The first-order valence-electron chi connectivity index (χ1n) is 9.50. The summed E-state index contributed by atoms with van der Waals surface area (Å²) in [6, 6.07) is 0. The number of aliphatic hydroxyl groups is 1. The van der Waals surface area contributed by atoms with Crippen LogP contribution < -0.4 is 0 Å². The topological polar surface area (TPSA) is 72.8 Å². The third kappa shape index (κ3) is 2.54. The summed E-state index contributed by atoms with van der Waals surface area (Å²) in [7, 11) is 0. The van der Waals surface area contributed by atoms with E-state index < -0.39 is 23.2 Å². The van der Waals surface area contributed by atoms with Crippen LogP contribution in [0.15, 0.2) is 11.1 Å². The third-order valence-corrected chi connectivity index (χ3v) is 7.19. The minimum absolute atomic E-state index is 0.179. The fourth-order valence-electron chi connectivity index (χ4n) is 4.93. The average molecular weight is 350 g/mol. The van der Waals surface area contributed by atoms with Crippen molar-refractivity contribution in [2.24, 2.45) is 17.3 Å². The van der Waals surface area contributed by atoms with Crippen LogP contribution >= 0.6 is 0 Å². The Morgan fingerprint density at radius 1 is 1.48 bits per heavy atom. The van der Waals surface area contributed by atoms with Crippen molar-refractivity contribution in [3.8, 4) is 0 Å². The minimum atomic E-state index is -0.996. The van der Waals surface area contributed by atoms with E-state index in [0.717, 1.165) is 18.4 Å². The Kier molecular flexibility index (Phi) is 4.51. The number of hydrogen-bond donors (Lipinski definition) is 1. The van der Waals surface area contributed by atoms with Crippen molar-refractivity contribution < 1.29 is 24.2 Å². The monoisotopic (exact) mass is 350 g/mol. The Hall–Kier alpha value is -1.36. The van der Waals surface area contributed by atoms with Crippen molar-refractivity contribution >= 4 is 11.9 Å². The predicted molar refractivity (Wildman–Crippen MR) is 92.6 cm³/mol. The number of carbonyl (C=O) groups excluding carboxylic acids is 2. The molecule has 2 aliphatic carbocycles. The summed E-state index contributed by atoms with van der Waals surface area (Å²) >= 11 is 0. The highest BCUT2D eigenvalue weighted by Gasteiger charge is 2.65. The van der Waals surface area contributed by atoms with E-state index in [9.17, 15) is 14.7 Å². The van der Waals surface area contributed by atoms with Crippen molar-refractivity contribution in [2.45, 2.75) is 84.5 Å². The molecule has 6 atom stereocenters. The van der Waals surface area contributed by atoms with Crippen molar-refractivity contribution in [1.29, 1.82) is 0 Å². The van der Waals surface area contributed by atoms with E-state index >= 15 is 0 Å². The SMILES string of the molecule is CCC(C)C(=O)O[C@@H]1C2=C(C)C(=O)O[C@H]2C[C@@]2(O)CCC[C@H](C)[C@@]12C. The van der Waals surface area contributed by atoms with Crippen LogP contribution in [0.3, 0.4) is 0 Å². The lowest BCUT2D eigenvalue weighted by Crippen LogP contribution is -2.65. The fourth-order valence-corrected chi connectivity index (χ4v) is 4.93. The number of ether oxygens (including phenoxy) is 2. The van der Waals surface area contributed by atoms with Gasteiger partial charge in [-0.1, -0.05) is 34.1 Å². The van der Waals surface area contributed by atoms with Gasteiger partial charge in [-0.2, -0.15) is 0 Å². The van der Waals surface area contributed by atoms with Gasteiger partial charge in [-0.3, -0.25) is 4.79 Å². The summed E-state index contributed by atoms with van der Waals surface area (Å²) in [4.78, 5) is 24.8. The number of rotatable bonds is 3. The summed E-state index contributed by atoms with van der Waals surface area (Å²) in [5.41, 5.74) is -0.310. The van der Waals surface area contributed by atoms with Crippen LogP contribution in [-0.4, -0.2) is 34.9 Å². The lowest BCUT2D eigenvalue weighted by atomic mass is 9.50. The highest BCUT2D eigenvalue weighted by atomic mass is 16.6. The number of carbonyl (C=O) groups is 2. The van der Waals surface area contributed by atoms with Crippen LogP contribution in [0.2, 0.25) is 0 Å². The van der Waals surface area contributed by atoms with E-state index in [1.807, 2.05) is 20.8 Å². The van der Waals surface area contributed by atoms with Crippen LogP contribution in [0, 0.1) is 17.3 Å². The standard InChI is InChI=1S/C20H30O5/c1-6-11(2)17(21)25-16-15-13(4)18(22)24-14(15)10-20(23)9-7-8-12(3)19(16,20)5/h11-12,14,16,23H,6-10H2,1-5H3/t11?,12-,14-,16+,19-,20-/m0/s1. The maximum atomic E-state index is 12.6. The average Bonchev–Trinajstić information content (AvgIpc) is 2.83. The molecular weight excluding hydrogens is 320 g/mol. The Labute approximate surface area is 149 Å². The highest BCUT2D eigenvalue weighted by Crippen LogP contribution is 2.60. The predicted octanol–water partition coefficient (Wildman–Crippen LogP) is 3.15. The van der Waals surface area contributed by atoms with E-state index in [2.05, 4.69) is 6.92 Å². The summed E-state index contributed by atoms with van der Waals surface area (Å²) < 4.78 is 11.5. The van der Waals surface area contributed by atoms with Gasteiger partial charge >= 0.3 is 11.9 Å². The molecule has 2 fully saturated rings. The smallest absolute Gasteiger partial charge is 0.334 e.